The number of guanidine groups is 1. The van der Waals surface area contributed by atoms with Gasteiger partial charge < -0.3 is 19.7 Å². The number of hydrogen-bond donors (Lipinski definition) is 1. The number of nitrogens with one attached hydrogen (secondary N) is 1. The molecule has 1 rings (SSSR count). The second kappa shape index (κ2) is 10.4. The van der Waals surface area contributed by atoms with Crippen molar-refractivity contribution in [2.45, 2.75) is 33.6 Å². The van der Waals surface area contributed by atoms with Crippen LogP contribution in [0, 0.1) is 11.8 Å². The van der Waals surface area contributed by atoms with Crippen molar-refractivity contribution in [1.82, 2.24) is 10.2 Å². The summed E-state index contributed by atoms with van der Waals surface area (Å²) in [6, 6.07) is 0. The highest BCUT2D eigenvalue weighted by molar-refractivity contribution is 5.81. The number of likely N-dealkylation sites (tertiary alicyclic amines) is 1. The Balaban J connectivity index is 2.37. The second-order valence-corrected chi connectivity index (χ2v) is 5.98. The molecule has 0 saturated carbocycles. The van der Waals surface area contributed by atoms with Crippen LogP contribution in [0.5, 0.6) is 0 Å². The van der Waals surface area contributed by atoms with Gasteiger partial charge in [-0.05, 0) is 25.7 Å². The van der Waals surface area contributed by atoms with Crippen LogP contribution < -0.4 is 5.32 Å². The molecule has 0 aliphatic carbocycles. The van der Waals surface area contributed by atoms with E-state index >= 15 is 0 Å². The van der Waals surface area contributed by atoms with E-state index < -0.39 is 0 Å². The van der Waals surface area contributed by atoms with E-state index in [0.29, 0.717) is 25.7 Å². The van der Waals surface area contributed by atoms with Gasteiger partial charge in [0.1, 0.15) is 0 Å². The molecule has 1 heterocycles. The highest BCUT2D eigenvalue weighted by atomic mass is 16.5. The number of rotatable bonds is 7. The molecule has 1 unspecified atom stereocenters. The normalized spacial score (nSPS) is 19.4. The van der Waals surface area contributed by atoms with Crippen LogP contribution in [-0.4, -0.2) is 63.3 Å². The molecule has 0 aromatic carbocycles. The Morgan fingerprint density at radius 1 is 1.45 bits per heavy atom. The molecule has 6 heteroatoms. The van der Waals surface area contributed by atoms with Crippen LogP contribution in [0.3, 0.4) is 0 Å². The van der Waals surface area contributed by atoms with Crippen molar-refractivity contribution in [2.75, 3.05) is 46.5 Å². The Labute approximate surface area is 134 Å². The van der Waals surface area contributed by atoms with Crippen LogP contribution >= 0.6 is 0 Å². The lowest BCUT2D eigenvalue weighted by molar-refractivity contribution is -0.149. The predicted octanol–water partition coefficient (Wildman–Crippen LogP) is 1.51. The van der Waals surface area contributed by atoms with Gasteiger partial charge in [-0.2, -0.15) is 0 Å². The minimum Gasteiger partial charge on any atom is -0.466 e. The lowest BCUT2D eigenvalue weighted by Crippen LogP contribution is -2.48. The van der Waals surface area contributed by atoms with Gasteiger partial charge in [-0.15, -0.1) is 0 Å². The van der Waals surface area contributed by atoms with Gasteiger partial charge in [0.25, 0.3) is 0 Å². The van der Waals surface area contributed by atoms with E-state index in [4.69, 9.17) is 9.47 Å². The largest absolute Gasteiger partial charge is 0.466 e. The summed E-state index contributed by atoms with van der Waals surface area (Å²) in [7, 11) is 1.77. The molecular weight excluding hydrogens is 282 g/mol. The molecule has 0 aromatic heterocycles. The summed E-state index contributed by atoms with van der Waals surface area (Å²) >= 11 is 0. The first-order valence-electron chi connectivity index (χ1n) is 8.28. The zero-order valence-corrected chi connectivity index (χ0v) is 14.4. The fraction of sp³-hybridized carbons (Fsp3) is 0.875. The summed E-state index contributed by atoms with van der Waals surface area (Å²) in [6.45, 7) is 10.3. The molecule has 1 N–H and O–H groups in total. The Kier molecular flexibility index (Phi) is 8.89. The van der Waals surface area contributed by atoms with Crippen LogP contribution in [0.2, 0.25) is 0 Å². The minimum absolute atomic E-state index is 0.0514. The summed E-state index contributed by atoms with van der Waals surface area (Å²) in [5.41, 5.74) is 0. The molecule has 1 atom stereocenters. The molecule has 1 aliphatic heterocycles. The Morgan fingerprint density at radius 2 is 2.23 bits per heavy atom. The fourth-order valence-corrected chi connectivity index (χ4v) is 2.51. The summed E-state index contributed by atoms with van der Waals surface area (Å²) in [5, 5.41) is 3.30. The van der Waals surface area contributed by atoms with Crippen LogP contribution in [0.1, 0.15) is 33.6 Å². The van der Waals surface area contributed by atoms with Crippen LogP contribution in [0.25, 0.3) is 0 Å². The molecule has 1 aliphatic rings. The molecule has 0 amide bonds. The maximum Gasteiger partial charge on any atom is 0.310 e. The van der Waals surface area contributed by atoms with Gasteiger partial charge in [0.05, 0.1) is 19.1 Å². The van der Waals surface area contributed by atoms with E-state index in [1.54, 1.807) is 7.05 Å². The van der Waals surface area contributed by atoms with Gasteiger partial charge in [-0.1, -0.05) is 13.8 Å². The number of aliphatic imine (C=N–C) groups is 1. The van der Waals surface area contributed by atoms with E-state index in [2.05, 4.69) is 29.1 Å². The Morgan fingerprint density at radius 3 is 2.86 bits per heavy atom. The number of nitrogens with zero attached hydrogens (tertiary/aromatic N) is 2. The van der Waals surface area contributed by atoms with Crippen molar-refractivity contribution in [2.24, 2.45) is 16.8 Å². The standard InChI is InChI=1S/C16H31N3O3/c1-5-22-15(20)14-7-6-9-19(11-14)16(17-4)18-8-10-21-12-13(2)3/h13-14H,5-12H2,1-4H3,(H,17,18). The SMILES string of the molecule is CCOC(=O)C1CCCN(C(=NC)NCCOCC(C)C)C1. The molecule has 1 fully saturated rings. The van der Waals surface area contributed by atoms with E-state index in [1.165, 1.54) is 0 Å². The maximum absolute atomic E-state index is 11.9. The minimum atomic E-state index is -0.0945. The van der Waals surface area contributed by atoms with Crippen molar-refractivity contribution in [3.05, 3.63) is 0 Å². The van der Waals surface area contributed by atoms with Crippen LogP contribution in [0.15, 0.2) is 4.99 Å². The van der Waals surface area contributed by atoms with Crippen molar-refractivity contribution in [1.29, 1.82) is 0 Å². The third-order valence-electron chi connectivity index (χ3n) is 3.53. The number of esters is 1. The third kappa shape index (κ3) is 6.64. The van der Waals surface area contributed by atoms with Crippen molar-refractivity contribution >= 4 is 11.9 Å². The number of piperidine rings is 1. The lowest BCUT2D eigenvalue weighted by Gasteiger charge is -2.33. The second-order valence-electron chi connectivity index (χ2n) is 5.98. The number of ether oxygens (including phenoxy) is 2. The van der Waals surface area contributed by atoms with E-state index in [1.807, 2.05) is 6.92 Å². The first-order chi connectivity index (χ1) is 10.6. The average Bonchev–Trinajstić information content (AvgIpc) is 2.51. The van der Waals surface area contributed by atoms with Gasteiger partial charge in [0.15, 0.2) is 5.96 Å². The Hall–Kier alpha value is -1.30. The lowest BCUT2D eigenvalue weighted by atomic mass is 9.98. The molecule has 22 heavy (non-hydrogen) atoms. The number of carbonyl (C=O) groups excluding carboxylic acids is 1. The first kappa shape index (κ1) is 18.7. The van der Waals surface area contributed by atoms with Gasteiger partial charge in [-0.25, -0.2) is 0 Å². The van der Waals surface area contributed by atoms with Gasteiger partial charge in [0.2, 0.25) is 0 Å². The van der Waals surface area contributed by atoms with Gasteiger partial charge >= 0.3 is 5.97 Å². The highest BCUT2D eigenvalue weighted by Gasteiger charge is 2.28. The quantitative estimate of drug-likeness (QED) is 0.334. The molecule has 6 nitrogen and oxygen atoms in total. The molecular formula is C16H31N3O3. The molecule has 0 bridgehead atoms. The summed E-state index contributed by atoms with van der Waals surface area (Å²) in [4.78, 5) is 18.3. The van der Waals surface area contributed by atoms with Crippen molar-refractivity contribution in [3.63, 3.8) is 0 Å². The third-order valence-corrected chi connectivity index (χ3v) is 3.53. The molecule has 0 aromatic rings. The monoisotopic (exact) mass is 313 g/mol. The summed E-state index contributed by atoms with van der Waals surface area (Å²) in [6.07, 6.45) is 1.87. The Bertz CT molecular complexity index is 359. The molecule has 128 valence electrons. The van der Waals surface area contributed by atoms with Crippen LogP contribution in [0.4, 0.5) is 0 Å². The number of hydrogen-bond acceptors (Lipinski definition) is 4. The predicted molar refractivity (Wildman–Crippen MR) is 87.9 cm³/mol. The fourth-order valence-electron chi connectivity index (χ4n) is 2.51. The first-order valence-corrected chi connectivity index (χ1v) is 8.28. The topological polar surface area (TPSA) is 63.2 Å². The molecule has 1 saturated heterocycles. The summed E-state index contributed by atoms with van der Waals surface area (Å²) < 4.78 is 10.7. The zero-order valence-electron chi connectivity index (χ0n) is 14.4. The molecule has 0 radical (unpaired) electrons. The van der Waals surface area contributed by atoms with Crippen molar-refractivity contribution < 1.29 is 14.3 Å². The highest BCUT2D eigenvalue weighted by Crippen LogP contribution is 2.17. The van der Waals surface area contributed by atoms with E-state index in [0.717, 1.165) is 38.5 Å². The average molecular weight is 313 g/mol. The van der Waals surface area contributed by atoms with Crippen molar-refractivity contribution in [3.8, 4) is 0 Å². The smallest absolute Gasteiger partial charge is 0.310 e. The van der Waals surface area contributed by atoms with Crippen LogP contribution in [-0.2, 0) is 14.3 Å². The zero-order chi connectivity index (χ0) is 16.4. The van der Waals surface area contributed by atoms with Gasteiger partial charge in [-0.3, -0.25) is 9.79 Å². The number of carbonyl (C=O) groups is 1. The summed E-state index contributed by atoms with van der Waals surface area (Å²) in [5.74, 6) is 1.24. The maximum atomic E-state index is 11.9. The van der Waals surface area contributed by atoms with E-state index in [-0.39, 0.29) is 11.9 Å². The molecule has 0 spiro atoms. The van der Waals surface area contributed by atoms with Gasteiger partial charge in [0, 0.05) is 33.3 Å². The van der Waals surface area contributed by atoms with E-state index in [9.17, 15) is 4.79 Å².